The van der Waals surface area contributed by atoms with Crippen LogP contribution >= 0.6 is 27.5 Å². The van der Waals surface area contributed by atoms with E-state index in [2.05, 4.69) is 29.1 Å². The number of hydrogen-bond donors (Lipinski definition) is 1. The second-order valence-corrected chi connectivity index (χ2v) is 13.5. The molecule has 3 unspecified atom stereocenters. The molecule has 0 saturated carbocycles. The summed E-state index contributed by atoms with van der Waals surface area (Å²) in [4.78, 5) is 48.4. The largest absolute Gasteiger partial charge is 0.494 e. The molecule has 9 nitrogen and oxygen atoms in total. The number of fused-ring (bicyclic) bond motifs is 1. The van der Waals surface area contributed by atoms with Gasteiger partial charge in [-0.3, -0.25) is 14.4 Å². The summed E-state index contributed by atoms with van der Waals surface area (Å²) in [6.45, 7) is 12.6. The Balaban J connectivity index is 1.57. The van der Waals surface area contributed by atoms with Gasteiger partial charge in [0, 0.05) is 36.8 Å². The summed E-state index contributed by atoms with van der Waals surface area (Å²) >= 11 is 10.4. The molecule has 3 amide bonds. The van der Waals surface area contributed by atoms with Gasteiger partial charge in [-0.15, -0.1) is 13.2 Å². The molecule has 2 aromatic rings. The van der Waals surface area contributed by atoms with Crippen molar-refractivity contribution in [3.8, 4) is 5.75 Å². The molecule has 1 spiro atoms. The van der Waals surface area contributed by atoms with E-state index in [4.69, 9.17) is 21.1 Å². The Bertz CT molecular complexity index is 1470. The Hall–Kier alpha value is -3.18. The van der Waals surface area contributed by atoms with E-state index in [0.29, 0.717) is 48.0 Å². The molecule has 2 bridgehead atoms. The monoisotopic (exact) mass is 713 g/mol. The lowest BCUT2D eigenvalue weighted by Crippen LogP contribution is -2.57. The maximum absolute atomic E-state index is 14.8. The molecule has 3 fully saturated rings. The number of aliphatic hydroxyl groups is 1. The number of anilines is 2. The number of likely N-dealkylation sites (tertiary alicyclic amines) is 1. The fourth-order valence-electron chi connectivity index (χ4n) is 7.38. The number of amides is 3. The average molecular weight is 715 g/mol. The SMILES string of the molecule is C=CCN(C(=O)[C@H]1[C@@H]2OC3(CC2Br)C(C(=O)N(CC=C)c2c(C)cccc2Cl)N(CCCCO)C(=O)[C@H]13)c1ccc(OCC)cc1. The van der Waals surface area contributed by atoms with Crippen LogP contribution in [0, 0.1) is 18.8 Å². The molecule has 246 valence electrons. The van der Waals surface area contributed by atoms with Crippen LogP contribution in [0.5, 0.6) is 5.75 Å². The lowest BCUT2D eigenvalue weighted by Gasteiger charge is -2.38. The van der Waals surface area contributed by atoms with Crippen molar-refractivity contribution in [1.82, 2.24) is 4.90 Å². The van der Waals surface area contributed by atoms with E-state index in [1.54, 1.807) is 45.1 Å². The molecule has 3 heterocycles. The molecule has 11 heteroatoms. The second kappa shape index (κ2) is 14.3. The minimum Gasteiger partial charge on any atom is -0.494 e. The number of carbonyl (C=O) groups is 3. The van der Waals surface area contributed by atoms with Gasteiger partial charge in [-0.05, 0) is 69.0 Å². The number of benzene rings is 2. The predicted molar refractivity (Wildman–Crippen MR) is 183 cm³/mol. The molecule has 5 rings (SSSR count). The molecule has 3 saturated heterocycles. The van der Waals surface area contributed by atoms with Gasteiger partial charge in [0.1, 0.15) is 17.4 Å². The Morgan fingerprint density at radius 3 is 2.46 bits per heavy atom. The fraction of sp³-hybridized carbons (Fsp3) is 0.457. The first-order valence-electron chi connectivity index (χ1n) is 15.7. The Morgan fingerprint density at radius 2 is 1.83 bits per heavy atom. The molecule has 46 heavy (non-hydrogen) atoms. The first kappa shape index (κ1) is 34.2. The summed E-state index contributed by atoms with van der Waals surface area (Å²) in [5, 5.41) is 9.93. The number of alkyl halides is 1. The van der Waals surface area contributed by atoms with Crippen molar-refractivity contribution in [2.24, 2.45) is 11.8 Å². The third kappa shape index (κ3) is 5.89. The number of ether oxygens (including phenoxy) is 2. The third-order valence-electron chi connectivity index (χ3n) is 9.19. The van der Waals surface area contributed by atoms with Crippen LogP contribution in [0.3, 0.4) is 0 Å². The normalized spacial score (nSPS) is 26.2. The summed E-state index contributed by atoms with van der Waals surface area (Å²) in [5.41, 5.74) is 0.728. The van der Waals surface area contributed by atoms with Gasteiger partial charge >= 0.3 is 0 Å². The Labute approximate surface area is 283 Å². The summed E-state index contributed by atoms with van der Waals surface area (Å²) in [7, 11) is 0. The van der Waals surface area contributed by atoms with Crippen LogP contribution in [-0.2, 0) is 19.1 Å². The zero-order chi connectivity index (χ0) is 33.2. The summed E-state index contributed by atoms with van der Waals surface area (Å²) in [6, 6.07) is 11.6. The van der Waals surface area contributed by atoms with E-state index in [-0.39, 0.29) is 48.8 Å². The van der Waals surface area contributed by atoms with E-state index in [1.807, 2.05) is 38.1 Å². The molecule has 6 atom stereocenters. The third-order valence-corrected chi connectivity index (χ3v) is 10.3. The van der Waals surface area contributed by atoms with Gasteiger partial charge in [-0.1, -0.05) is 51.8 Å². The molecular weight excluding hydrogens is 674 g/mol. The van der Waals surface area contributed by atoms with Crippen molar-refractivity contribution in [2.75, 3.05) is 42.6 Å². The molecule has 0 aliphatic carbocycles. The van der Waals surface area contributed by atoms with E-state index in [1.165, 1.54) is 0 Å². The number of para-hydroxylation sites is 1. The number of hydrogen-bond acceptors (Lipinski definition) is 6. The van der Waals surface area contributed by atoms with Gasteiger partial charge in [0.2, 0.25) is 11.8 Å². The molecule has 0 radical (unpaired) electrons. The number of aliphatic hydroxyl groups excluding tert-OH is 1. The fourth-order valence-corrected chi connectivity index (χ4v) is 8.65. The highest BCUT2D eigenvalue weighted by Gasteiger charge is 2.77. The minimum atomic E-state index is -1.25. The number of aryl methyl sites for hydroxylation is 1. The number of rotatable bonds is 14. The zero-order valence-electron chi connectivity index (χ0n) is 26.2. The smallest absolute Gasteiger partial charge is 0.253 e. The standard InChI is InChI=1S/C35H41BrClN3O6/c1-5-17-38(23-13-15-24(16-14-23)45-7-3)32(42)27-28-33(43)40(19-8-9-20-41)31(35(28)21-25(36)30(27)46-35)34(44)39(18-6-2)29-22(4)11-10-12-26(29)37/h5-6,10-16,25,27-28,30-31,41H,1-2,7-9,17-21H2,3-4H3/t25?,27-,28+,30-,31?,35?/m1/s1. The lowest BCUT2D eigenvalue weighted by molar-refractivity contribution is -0.140. The molecule has 3 aliphatic rings. The number of unbranched alkanes of at least 4 members (excludes halogenated alkanes) is 1. The predicted octanol–water partition coefficient (Wildman–Crippen LogP) is 5.31. The van der Waals surface area contributed by atoms with Crippen molar-refractivity contribution in [2.45, 2.75) is 55.7 Å². The van der Waals surface area contributed by atoms with Crippen LogP contribution in [-0.4, -0.2) is 83.2 Å². The van der Waals surface area contributed by atoms with E-state index >= 15 is 0 Å². The topological polar surface area (TPSA) is 99.6 Å². The minimum absolute atomic E-state index is 0.0433. The van der Waals surface area contributed by atoms with Gasteiger partial charge in [0.25, 0.3) is 5.91 Å². The molecule has 0 aromatic heterocycles. The lowest BCUT2D eigenvalue weighted by atomic mass is 9.70. The average Bonchev–Trinajstić information content (AvgIpc) is 3.62. The molecule has 3 aliphatic heterocycles. The summed E-state index contributed by atoms with van der Waals surface area (Å²) in [5.74, 6) is -1.95. The van der Waals surface area contributed by atoms with Crippen LogP contribution in [0.15, 0.2) is 67.8 Å². The van der Waals surface area contributed by atoms with Crippen LogP contribution in [0.25, 0.3) is 0 Å². The maximum Gasteiger partial charge on any atom is 0.253 e. The first-order chi connectivity index (χ1) is 22.1. The molecule has 1 N–H and O–H groups in total. The Kier molecular flexibility index (Phi) is 10.6. The van der Waals surface area contributed by atoms with Crippen molar-refractivity contribution in [3.05, 3.63) is 78.4 Å². The van der Waals surface area contributed by atoms with Crippen LogP contribution in [0.2, 0.25) is 5.02 Å². The quantitative estimate of drug-likeness (QED) is 0.162. The molecular formula is C35H41BrClN3O6. The van der Waals surface area contributed by atoms with Gasteiger partial charge in [0.05, 0.1) is 35.3 Å². The number of carbonyl (C=O) groups excluding carboxylic acids is 3. The van der Waals surface area contributed by atoms with Gasteiger partial charge in [-0.25, -0.2) is 0 Å². The number of nitrogens with zero attached hydrogens (tertiary/aromatic N) is 3. The second-order valence-electron chi connectivity index (χ2n) is 11.9. The highest BCUT2D eigenvalue weighted by atomic mass is 79.9. The first-order valence-corrected chi connectivity index (χ1v) is 17.0. The van der Waals surface area contributed by atoms with E-state index in [0.717, 1.165) is 5.56 Å². The van der Waals surface area contributed by atoms with Crippen molar-refractivity contribution < 1.29 is 29.0 Å². The highest BCUT2D eigenvalue weighted by molar-refractivity contribution is 9.09. The van der Waals surface area contributed by atoms with Gasteiger partial charge in [-0.2, -0.15) is 0 Å². The summed E-state index contributed by atoms with van der Waals surface area (Å²) in [6.07, 6.45) is 3.96. The van der Waals surface area contributed by atoms with Gasteiger partial charge in [0.15, 0.2) is 0 Å². The van der Waals surface area contributed by atoms with E-state index in [9.17, 15) is 19.5 Å². The van der Waals surface area contributed by atoms with Crippen LogP contribution in [0.4, 0.5) is 11.4 Å². The Morgan fingerprint density at radius 1 is 1.13 bits per heavy atom. The van der Waals surface area contributed by atoms with Crippen molar-refractivity contribution >= 4 is 56.6 Å². The molecule has 2 aromatic carbocycles. The summed E-state index contributed by atoms with van der Waals surface area (Å²) < 4.78 is 12.3. The van der Waals surface area contributed by atoms with Gasteiger partial charge < -0.3 is 29.3 Å². The van der Waals surface area contributed by atoms with E-state index < -0.39 is 29.6 Å². The van der Waals surface area contributed by atoms with Crippen LogP contribution in [0.1, 0.15) is 31.7 Å². The zero-order valence-corrected chi connectivity index (χ0v) is 28.6. The van der Waals surface area contributed by atoms with Crippen LogP contribution < -0.4 is 14.5 Å². The van der Waals surface area contributed by atoms with Crippen molar-refractivity contribution in [3.63, 3.8) is 0 Å². The maximum atomic E-state index is 14.8. The number of halogens is 2. The van der Waals surface area contributed by atoms with Crippen molar-refractivity contribution in [1.29, 1.82) is 0 Å². The highest BCUT2D eigenvalue weighted by Crippen LogP contribution is 2.60.